The van der Waals surface area contributed by atoms with E-state index in [0.29, 0.717) is 52.1 Å². The lowest BCUT2D eigenvalue weighted by atomic mass is 10.00. The maximum Gasteiger partial charge on any atom is 0.329 e. The number of hydrogen-bond acceptors (Lipinski definition) is 7. The Kier molecular flexibility index (Phi) is 4.90. The number of carbonyl (C=O) groups excluding carboxylic acids is 1. The first-order valence-electron chi connectivity index (χ1n) is 7.83. The molecule has 0 unspecified atom stereocenters. The second kappa shape index (κ2) is 6.61. The van der Waals surface area contributed by atoms with Gasteiger partial charge in [-0.2, -0.15) is 12.7 Å². The molecule has 23 heavy (non-hydrogen) atoms. The zero-order valence-electron chi connectivity index (χ0n) is 12.8. The van der Waals surface area contributed by atoms with Crippen LogP contribution in [0.1, 0.15) is 25.7 Å². The zero-order chi connectivity index (χ0) is 16.5. The van der Waals surface area contributed by atoms with E-state index in [9.17, 15) is 18.4 Å². The van der Waals surface area contributed by atoms with Gasteiger partial charge in [0, 0.05) is 45.1 Å². The molecule has 0 aromatic carbocycles. The summed E-state index contributed by atoms with van der Waals surface area (Å²) >= 11 is 0. The van der Waals surface area contributed by atoms with Crippen LogP contribution >= 0.6 is 0 Å². The standard InChI is InChI=1S/C13H22N2O7S/c16-12(11-1-7-20-8-2-11)15(17)23(18,19)14-5-3-13(4-6-14)21-9-10-22-13/h11,17H,1-10H2. The Morgan fingerprint density at radius 3 is 2.22 bits per heavy atom. The molecular weight excluding hydrogens is 328 g/mol. The van der Waals surface area contributed by atoms with E-state index in [1.807, 2.05) is 0 Å². The zero-order valence-corrected chi connectivity index (χ0v) is 13.7. The average molecular weight is 350 g/mol. The van der Waals surface area contributed by atoms with Gasteiger partial charge in [-0.3, -0.25) is 10.0 Å². The number of hydrogen-bond donors (Lipinski definition) is 1. The highest BCUT2D eigenvalue weighted by Crippen LogP contribution is 2.32. The molecular formula is C13H22N2O7S. The van der Waals surface area contributed by atoms with Crippen LogP contribution in [0.5, 0.6) is 0 Å². The smallest absolute Gasteiger partial charge is 0.329 e. The second-order valence-electron chi connectivity index (χ2n) is 5.98. The number of amides is 1. The van der Waals surface area contributed by atoms with Crippen molar-refractivity contribution in [2.24, 2.45) is 5.92 Å². The molecule has 9 nitrogen and oxygen atoms in total. The Morgan fingerprint density at radius 2 is 1.65 bits per heavy atom. The van der Waals surface area contributed by atoms with E-state index >= 15 is 0 Å². The normalized spacial score (nSPS) is 26.5. The summed E-state index contributed by atoms with van der Waals surface area (Å²) in [6, 6.07) is 0. The highest BCUT2D eigenvalue weighted by molar-refractivity contribution is 7.87. The molecule has 0 saturated carbocycles. The Hall–Kier alpha value is -0.780. The van der Waals surface area contributed by atoms with Crippen molar-refractivity contribution in [3.05, 3.63) is 0 Å². The molecule has 132 valence electrons. The fourth-order valence-electron chi connectivity index (χ4n) is 3.17. The summed E-state index contributed by atoms with van der Waals surface area (Å²) in [5, 5.41) is 9.96. The van der Waals surface area contributed by atoms with Gasteiger partial charge in [-0.15, -0.1) is 0 Å². The van der Waals surface area contributed by atoms with Crippen LogP contribution < -0.4 is 0 Å². The summed E-state index contributed by atoms with van der Waals surface area (Å²) in [5.41, 5.74) is 0. The summed E-state index contributed by atoms with van der Waals surface area (Å²) in [6.45, 7) is 2.07. The molecule has 10 heteroatoms. The van der Waals surface area contributed by atoms with Gasteiger partial charge in [0.15, 0.2) is 5.79 Å². The number of ether oxygens (including phenoxy) is 3. The first-order valence-corrected chi connectivity index (χ1v) is 9.23. The van der Waals surface area contributed by atoms with Gasteiger partial charge >= 0.3 is 10.2 Å². The van der Waals surface area contributed by atoms with E-state index in [2.05, 4.69) is 0 Å². The molecule has 0 atom stereocenters. The Bertz CT molecular complexity index is 531. The summed E-state index contributed by atoms with van der Waals surface area (Å²) in [4.78, 5) is 12.2. The molecule has 3 fully saturated rings. The maximum atomic E-state index is 12.4. The number of hydroxylamine groups is 1. The lowest BCUT2D eigenvalue weighted by molar-refractivity contribution is -0.180. The molecule has 1 N–H and O–H groups in total. The van der Waals surface area contributed by atoms with Gasteiger partial charge in [-0.1, -0.05) is 4.47 Å². The second-order valence-corrected chi connectivity index (χ2v) is 7.74. The van der Waals surface area contributed by atoms with Crippen LogP contribution in [0.15, 0.2) is 0 Å². The van der Waals surface area contributed by atoms with E-state index in [4.69, 9.17) is 14.2 Å². The molecule has 3 heterocycles. The predicted molar refractivity (Wildman–Crippen MR) is 76.5 cm³/mol. The lowest BCUT2D eigenvalue weighted by Gasteiger charge is -2.37. The van der Waals surface area contributed by atoms with E-state index < -0.39 is 27.8 Å². The minimum absolute atomic E-state index is 0.0999. The lowest BCUT2D eigenvalue weighted by Crippen LogP contribution is -2.53. The molecule has 3 saturated heterocycles. The average Bonchev–Trinajstić information content (AvgIpc) is 3.02. The topological polar surface area (TPSA) is 106 Å². The molecule has 1 spiro atoms. The minimum atomic E-state index is -4.24. The molecule has 3 rings (SSSR count). The number of rotatable bonds is 3. The molecule has 0 bridgehead atoms. The van der Waals surface area contributed by atoms with Crippen LogP contribution in [0, 0.1) is 5.92 Å². The monoisotopic (exact) mass is 350 g/mol. The third-order valence-electron chi connectivity index (χ3n) is 4.60. The van der Waals surface area contributed by atoms with E-state index in [1.165, 1.54) is 0 Å². The van der Waals surface area contributed by atoms with Crippen molar-refractivity contribution in [3.8, 4) is 0 Å². The molecule has 3 aliphatic heterocycles. The van der Waals surface area contributed by atoms with Gasteiger partial charge in [0.05, 0.1) is 13.2 Å². The van der Waals surface area contributed by atoms with Gasteiger partial charge in [-0.05, 0) is 12.8 Å². The van der Waals surface area contributed by atoms with Crippen molar-refractivity contribution in [3.63, 3.8) is 0 Å². The highest BCUT2D eigenvalue weighted by atomic mass is 32.2. The van der Waals surface area contributed by atoms with Gasteiger partial charge in [-0.25, -0.2) is 0 Å². The Labute approximate surface area is 135 Å². The minimum Gasteiger partial charge on any atom is -0.381 e. The summed E-state index contributed by atoms with van der Waals surface area (Å²) in [6.07, 6.45) is 1.59. The Balaban J connectivity index is 1.62. The molecule has 3 aliphatic rings. The quantitative estimate of drug-likeness (QED) is 0.551. The van der Waals surface area contributed by atoms with E-state index in [-0.39, 0.29) is 17.6 Å². The summed E-state index contributed by atoms with van der Waals surface area (Å²) in [5.74, 6) is -2.03. The molecule has 0 aliphatic carbocycles. The van der Waals surface area contributed by atoms with Crippen LogP contribution in [0.3, 0.4) is 0 Å². The Morgan fingerprint density at radius 1 is 1.09 bits per heavy atom. The molecule has 0 aromatic heterocycles. The number of carbonyl (C=O) groups is 1. The first kappa shape index (κ1) is 17.1. The van der Waals surface area contributed by atoms with Crippen LogP contribution in [-0.4, -0.2) is 73.6 Å². The van der Waals surface area contributed by atoms with E-state index in [1.54, 1.807) is 0 Å². The summed E-state index contributed by atoms with van der Waals surface area (Å²) < 4.78 is 42.1. The molecule has 1 amide bonds. The van der Waals surface area contributed by atoms with Gasteiger partial charge in [0.1, 0.15) is 0 Å². The number of piperidine rings is 1. The van der Waals surface area contributed by atoms with E-state index in [0.717, 1.165) is 4.31 Å². The highest BCUT2D eigenvalue weighted by Gasteiger charge is 2.45. The van der Waals surface area contributed by atoms with Crippen LogP contribution in [0.2, 0.25) is 0 Å². The SMILES string of the molecule is O=C(C1CCOCC1)N(O)S(=O)(=O)N1CCC2(CC1)OCCO2. The van der Waals surface area contributed by atoms with Crippen molar-refractivity contribution in [1.29, 1.82) is 0 Å². The van der Waals surface area contributed by atoms with Crippen LogP contribution in [0.25, 0.3) is 0 Å². The maximum absolute atomic E-state index is 12.4. The number of nitrogens with zero attached hydrogens (tertiary/aromatic N) is 2. The van der Waals surface area contributed by atoms with Crippen molar-refractivity contribution >= 4 is 16.1 Å². The van der Waals surface area contributed by atoms with Crippen molar-refractivity contribution in [1.82, 2.24) is 8.77 Å². The van der Waals surface area contributed by atoms with Gasteiger partial charge < -0.3 is 14.2 Å². The fourth-order valence-corrected chi connectivity index (χ4v) is 4.41. The third-order valence-corrected chi connectivity index (χ3v) is 6.24. The summed E-state index contributed by atoms with van der Waals surface area (Å²) in [7, 11) is -4.24. The van der Waals surface area contributed by atoms with Crippen molar-refractivity contribution < 1.29 is 32.6 Å². The first-order chi connectivity index (χ1) is 10.9. The predicted octanol–water partition coefficient (Wildman–Crippen LogP) is -0.285. The fraction of sp³-hybridized carbons (Fsp3) is 0.923. The largest absolute Gasteiger partial charge is 0.381 e. The molecule has 0 aromatic rings. The van der Waals surface area contributed by atoms with Crippen LogP contribution in [0.4, 0.5) is 0 Å². The van der Waals surface area contributed by atoms with Gasteiger partial charge in [0.2, 0.25) is 0 Å². The van der Waals surface area contributed by atoms with Crippen LogP contribution in [-0.2, 0) is 29.2 Å². The van der Waals surface area contributed by atoms with Crippen molar-refractivity contribution in [2.75, 3.05) is 39.5 Å². The third kappa shape index (κ3) is 3.37. The van der Waals surface area contributed by atoms with Crippen molar-refractivity contribution in [2.45, 2.75) is 31.5 Å². The van der Waals surface area contributed by atoms with Gasteiger partial charge in [0.25, 0.3) is 5.91 Å². The molecule has 0 radical (unpaired) electrons.